The van der Waals surface area contributed by atoms with E-state index in [1.165, 1.54) is 11.9 Å². The minimum Gasteiger partial charge on any atom is -0.481 e. The molecule has 4 heterocycles. The Morgan fingerprint density at radius 2 is 1.95 bits per heavy atom. The van der Waals surface area contributed by atoms with E-state index in [1.807, 2.05) is 4.72 Å². The summed E-state index contributed by atoms with van der Waals surface area (Å²) < 4.78 is 34.2. The predicted octanol–water partition coefficient (Wildman–Crippen LogP) is 2.97. The molecule has 0 spiro atoms. The number of pyridine rings is 1. The van der Waals surface area contributed by atoms with Crippen LogP contribution in [0.1, 0.15) is 69.2 Å². The number of hydrogen-bond acceptors (Lipinski definition) is 10. The maximum atomic E-state index is 13.2. The maximum Gasteiger partial charge on any atom is 0.422 e. The lowest BCUT2D eigenvalue weighted by Gasteiger charge is -2.34. The second-order valence-corrected chi connectivity index (χ2v) is 12.6. The first kappa shape index (κ1) is 29.3. The fraction of sp³-hybridized carbons (Fsp3) is 0.577. The fourth-order valence-electron chi connectivity index (χ4n) is 4.96. The average molecular weight is 576 g/mol. The second kappa shape index (κ2) is 11.8. The lowest BCUT2D eigenvalue weighted by Crippen LogP contribution is -2.47. The molecular weight excluding hydrogens is 538 g/mol. The number of carbonyl (C=O) groups excluding carboxylic acids is 1. The summed E-state index contributed by atoms with van der Waals surface area (Å²) in [6.45, 7) is 8.33. The van der Waals surface area contributed by atoms with Crippen LogP contribution in [-0.2, 0) is 26.2 Å². The van der Waals surface area contributed by atoms with Crippen molar-refractivity contribution in [3.05, 3.63) is 35.3 Å². The Morgan fingerprint density at radius 1 is 1.23 bits per heavy atom. The van der Waals surface area contributed by atoms with E-state index < -0.39 is 40.8 Å². The number of carbonyl (C=O) groups is 2. The number of rotatable bonds is 8. The van der Waals surface area contributed by atoms with Crippen LogP contribution in [0.2, 0.25) is 0 Å². The van der Waals surface area contributed by atoms with E-state index in [1.54, 1.807) is 27.7 Å². The zero-order chi connectivity index (χ0) is 29.1. The summed E-state index contributed by atoms with van der Waals surface area (Å²) in [6.07, 6.45) is 3.40. The largest absolute Gasteiger partial charge is 0.481 e. The molecule has 13 nitrogen and oxygen atoms in total. The van der Waals surface area contributed by atoms with Gasteiger partial charge in [-0.3, -0.25) is 4.79 Å². The van der Waals surface area contributed by atoms with Crippen LogP contribution >= 0.6 is 0 Å². The molecule has 0 radical (unpaired) electrons. The van der Waals surface area contributed by atoms with Crippen molar-refractivity contribution in [2.24, 2.45) is 0 Å². The van der Waals surface area contributed by atoms with Gasteiger partial charge in [0.1, 0.15) is 23.6 Å². The highest BCUT2D eigenvalue weighted by Crippen LogP contribution is 2.34. The molecule has 0 unspecified atom stereocenters. The standard InChI is InChI=1S/C26H37N7O6S/c1-17-23(32-13-9-18(10-14-32)20-8-7-19-6-5-12-27-22(19)30-20)28-16-29-24(17)33(15-11-21(34)35)40(37,38)31-25(36)39-26(2,3)4/h7-8,16,18H,5-6,9-15H2,1-4H3,(H,27,30)(H,31,36)(H,34,35). The Hall–Kier alpha value is -3.68. The normalized spacial score (nSPS) is 16.1. The molecule has 218 valence electrons. The summed E-state index contributed by atoms with van der Waals surface area (Å²) in [5.74, 6) is 0.614. The second-order valence-electron chi connectivity index (χ2n) is 11.0. The van der Waals surface area contributed by atoms with E-state index in [0.29, 0.717) is 24.5 Å². The van der Waals surface area contributed by atoms with E-state index in [0.717, 1.165) is 48.0 Å². The smallest absolute Gasteiger partial charge is 0.422 e. The van der Waals surface area contributed by atoms with Crippen molar-refractivity contribution in [2.75, 3.05) is 40.7 Å². The van der Waals surface area contributed by atoms with Gasteiger partial charge < -0.3 is 20.1 Å². The van der Waals surface area contributed by atoms with Crippen LogP contribution in [0.3, 0.4) is 0 Å². The van der Waals surface area contributed by atoms with Gasteiger partial charge in [0.25, 0.3) is 0 Å². The quantitative estimate of drug-likeness (QED) is 0.423. The Kier molecular flexibility index (Phi) is 8.66. The van der Waals surface area contributed by atoms with E-state index >= 15 is 0 Å². The van der Waals surface area contributed by atoms with E-state index in [-0.39, 0.29) is 11.7 Å². The van der Waals surface area contributed by atoms with Gasteiger partial charge in [0, 0.05) is 43.4 Å². The molecule has 4 rings (SSSR count). The fourth-order valence-corrected chi connectivity index (χ4v) is 6.06. The Labute approximate surface area is 234 Å². The third-order valence-electron chi connectivity index (χ3n) is 6.83. The number of aromatic nitrogens is 3. The van der Waals surface area contributed by atoms with Crippen molar-refractivity contribution >= 4 is 39.7 Å². The highest BCUT2D eigenvalue weighted by atomic mass is 32.2. The molecule has 0 saturated carbocycles. The van der Waals surface area contributed by atoms with Crippen LogP contribution in [0.5, 0.6) is 0 Å². The molecule has 3 N–H and O–H groups in total. The number of amides is 1. The molecule has 1 saturated heterocycles. The minimum absolute atomic E-state index is 0.00754. The van der Waals surface area contributed by atoms with Gasteiger partial charge in [-0.2, -0.15) is 8.42 Å². The molecule has 2 aliphatic heterocycles. The first-order valence-electron chi connectivity index (χ1n) is 13.4. The van der Waals surface area contributed by atoms with Crippen molar-refractivity contribution in [1.82, 2.24) is 19.7 Å². The van der Waals surface area contributed by atoms with Gasteiger partial charge in [-0.25, -0.2) is 28.8 Å². The summed E-state index contributed by atoms with van der Waals surface area (Å²) in [4.78, 5) is 39.1. The van der Waals surface area contributed by atoms with E-state index in [9.17, 15) is 23.1 Å². The molecule has 1 fully saturated rings. The molecule has 40 heavy (non-hydrogen) atoms. The summed E-state index contributed by atoms with van der Waals surface area (Å²) in [6, 6.07) is 4.28. The van der Waals surface area contributed by atoms with Crippen LogP contribution in [-0.4, -0.2) is 72.3 Å². The van der Waals surface area contributed by atoms with E-state index in [4.69, 9.17) is 9.72 Å². The van der Waals surface area contributed by atoms with Gasteiger partial charge in [0.2, 0.25) is 0 Å². The number of carboxylic acids is 1. The maximum absolute atomic E-state index is 13.2. The van der Waals surface area contributed by atoms with Gasteiger partial charge in [-0.1, -0.05) is 6.07 Å². The van der Waals surface area contributed by atoms with Crippen LogP contribution in [0.25, 0.3) is 0 Å². The third kappa shape index (κ3) is 7.09. The van der Waals surface area contributed by atoms with Crippen LogP contribution in [0, 0.1) is 6.92 Å². The highest BCUT2D eigenvalue weighted by Gasteiger charge is 2.32. The van der Waals surface area contributed by atoms with Gasteiger partial charge >= 0.3 is 22.3 Å². The topological polar surface area (TPSA) is 167 Å². The van der Waals surface area contributed by atoms with Crippen molar-refractivity contribution in [1.29, 1.82) is 0 Å². The first-order chi connectivity index (χ1) is 18.8. The predicted molar refractivity (Wildman–Crippen MR) is 150 cm³/mol. The van der Waals surface area contributed by atoms with Gasteiger partial charge in [0.05, 0.1) is 6.42 Å². The lowest BCUT2D eigenvalue weighted by atomic mass is 9.92. The summed E-state index contributed by atoms with van der Waals surface area (Å²) in [7, 11) is -4.54. The number of nitrogens with zero attached hydrogens (tertiary/aromatic N) is 5. The number of anilines is 3. The number of hydrogen-bond donors (Lipinski definition) is 3. The van der Waals surface area contributed by atoms with Crippen molar-refractivity contribution in [2.45, 2.75) is 71.3 Å². The number of piperidine rings is 1. The van der Waals surface area contributed by atoms with Crippen molar-refractivity contribution in [3.8, 4) is 0 Å². The van der Waals surface area contributed by atoms with Gasteiger partial charge in [-0.15, -0.1) is 0 Å². The average Bonchev–Trinajstić information content (AvgIpc) is 2.88. The Bertz CT molecular complexity index is 1350. The monoisotopic (exact) mass is 575 g/mol. The Morgan fingerprint density at radius 3 is 2.62 bits per heavy atom. The molecular formula is C26H37N7O6S. The number of aryl methyl sites for hydroxylation is 1. The van der Waals surface area contributed by atoms with Gasteiger partial charge in [-0.05, 0) is 65.0 Å². The number of aliphatic carboxylic acids is 1. The zero-order valence-corrected chi connectivity index (χ0v) is 24.1. The summed E-state index contributed by atoms with van der Waals surface area (Å²) in [5, 5.41) is 12.6. The molecule has 2 aromatic heterocycles. The minimum atomic E-state index is -4.54. The molecule has 2 aliphatic rings. The SMILES string of the molecule is Cc1c(N2CCC(c3ccc4c(n3)NCCC4)CC2)ncnc1N(CCC(=O)O)S(=O)(=O)NC(=O)OC(C)(C)C. The van der Waals surface area contributed by atoms with E-state index in [2.05, 4.69) is 32.3 Å². The first-order valence-corrected chi connectivity index (χ1v) is 14.8. The number of carboxylic acid groups (broad SMARTS) is 1. The summed E-state index contributed by atoms with van der Waals surface area (Å²) in [5.41, 5.74) is 1.84. The van der Waals surface area contributed by atoms with Crippen LogP contribution in [0.15, 0.2) is 18.5 Å². The number of nitrogens with one attached hydrogen (secondary N) is 2. The molecule has 0 aromatic carbocycles. The summed E-state index contributed by atoms with van der Waals surface area (Å²) >= 11 is 0. The Balaban J connectivity index is 1.53. The molecule has 14 heteroatoms. The molecule has 0 bridgehead atoms. The highest BCUT2D eigenvalue weighted by molar-refractivity contribution is 7.91. The van der Waals surface area contributed by atoms with Crippen molar-refractivity contribution in [3.63, 3.8) is 0 Å². The van der Waals surface area contributed by atoms with Crippen LogP contribution < -0.4 is 19.2 Å². The van der Waals surface area contributed by atoms with Gasteiger partial charge in [0.15, 0.2) is 5.82 Å². The zero-order valence-electron chi connectivity index (χ0n) is 23.3. The molecule has 1 amide bonds. The molecule has 0 aliphatic carbocycles. The molecule has 0 atom stereocenters. The lowest BCUT2D eigenvalue weighted by molar-refractivity contribution is -0.136. The third-order valence-corrected chi connectivity index (χ3v) is 8.19. The number of fused-ring (bicyclic) bond motifs is 1. The van der Waals surface area contributed by atoms with Crippen molar-refractivity contribution < 1.29 is 27.9 Å². The molecule has 2 aromatic rings. The van der Waals surface area contributed by atoms with Crippen LogP contribution in [0.4, 0.5) is 22.2 Å². The number of ether oxygens (including phenoxy) is 1.